The average molecular weight is 334 g/mol. The summed E-state index contributed by atoms with van der Waals surface area (Å²) in [6.45, 7) is 1.76. The van der Waals surface area contributed by atoms with Crippen LogP contribution < -0.4 is 5.32 Å². The van der Waals surface area contributed by atoms with Crippen molar-refractivity contribution >= 4 is 12.0 Å². The van der Waals surface area contributed by atoms with Crippen molar-refractivity contribution in [3.8, 4) is 5.69 Å². The van der Waals surface area contributed by atoms with E-state index in [0.29, 0.717) is 11.3 Å². The lowest BCUT2D eigenvalue weighted by Crippen LogP contribution is -2.40. The van der Waals surface area contributed by atoms with Crippen LogP contribution in [-0.4, -0.2) is 45.2 Å². The first-order chi connectivity index (χ1) is 11.4. The van der Waals surface area contributed by atoms with Crippen molar-refractivity contribution in [3.05, 3.63) is 48.3 Å². The van der Waals surface area contributed by atoms with Crippen LogP contribution in [0.4, 0.5) is 9.18 Å². The van der Waals surface area contributed by atoms with Crippen LogP contribution in [0.15, 0.2) is 36.9 Å². The Labute approximate surface area is 138 Å². The number of nitrogens with zero attached hydrogens (tertiary/aromatic N) is 3. The summed E-state index contributed by atoms with van der Waals surface area (Å²) in [5.41, 5.74) is 0.972. The Balaban J connectivity index is 1.93. The predicted molar refractivity (Wildman–Crippen MR) is 85.2 cm³/mol. The first-order valence-corrected chi connectivity index (χ1v) is 7.37. The van der Waals surface area contributed by atoms with E-state index in [-0.39, 0.29) is 13.1 Å². The van der Waals surface area contributed by atoms with Crippen LogP contribution in [0.25, 0.3) is 5.69 Å². The van der Waals surface area contributed by atoms with Crippen LogP contribution in [0.3, 0.4) is 0 Å². The van der Waals surface area contributed by atoms with Gasteiger partial charge in [-0.2, -0.15) is 0 Å². The van der Waals surface area contributed by atoms with Crippen LogP contribution in [0, 0.1) is 11.7 Å². The molecule has 2 rings (SSSR count). The fraction of sp³-hybridized carbons (Fsp3) is 0.312. The number of carbonyl (C=O) groups is 2. The molecule has 0 aliphatic rings. The smallest absolute Gasteiger partial charge is 0.317 e. The molecule has 1 atom stereocenters. The molecule has 2 N–H and O–H groups in total. The van der Waals surface area contributed by atoms with Crippen LogP contribution in [0.2, 0.25) is 0 Å². The van der Waals surface area contributed by atoms with Gasteiger partial charge in [0.05, 0.1) is 17.9 Å². The largest absolute Gasteiger partial charge is 0.481 e. The van der Waals surface area contributed by atoms with E-state index in [1.165, 1.54) is 31.3 Å². The van der Waals surface area contributed by atoms with E-state index in [4.69, 9.17) is 5.11 Å². The normalized spacial score (nSPS) is 11.8. The van der Waals surface area contributed by atoms with Crippen molar-refractivity contribution in [2.75, 3.05) is 13.6 Å². The Hall–Kier alpha value is -2.90. The number of benzene rings is 1. The first-order valence-electron chi connectivity index (χ1n) is 7.37. The van der Waals surface area contributed by atoms with Gasteiger partial charge in [0.15, 0.2) is 0 Å². The zero-order valence-electron chi connectivity index (χ0n) is 13.4. The molecule has 1 unspecified atom stereocenters. The molecule has 7 nitrogen and oxygen atoms in total. The molecule has 1 aromatic heterocycles. The second-order valence-corrected chi connectivity index (χ2v) is 5.53. The van der Waals surface area contributed by atoms with Crippen LogP contribution in [0.5, 0.6) is 0 Å². The Morgan fingerprint density at radius 2 is 2.21 bits per heavy atom. The molecule has 0 radical (unpaired) electrons. The standard InChI is InChI=1S/C16H19FN4O3/c1-11(15(22)23)9-20(2)16(24)19-8-12-3-4-14(13(17)7-12)21-6-5-18-10-21/h3-7,10-11H,8-9H2,1-2H3,(H,19,24)(H,22,23). The van der Waals surface area contributed by atoms with Gasteiger partial charge in [0.2, 0.25) is 0 Å². The lowest BCUT2D eigenvalue weighted by molar-refractivity contribution is -0.141. The Morgan fingerprint density at radius 3 is 2.79 bits per heavy atom. The molecule has 128 valence electrons. The highest BCUT2D eigenvalue weighted by Crippen LogP contribution is 2.15. The number of carbonyl (C=O) groups excluding carboxylic acids is 1. The quantitative estimate of drug-likeness (QED) is 0.844. The maximum atomic E-state index is 14.1. The SMILES string of the molecule is CC(CN(C)C(=O)NCc1ccc(-n2ccnc2)c(F)c1)C(=O)O. The fourth-order valence-electron chi connectivity index (χ4n) is 2.16. The highest BCUT2D eigenvalue weighted by molar-refractivity contribution is 5.75. The third kappa shape index (κ3) is 4.31. The van der Waals surface area contributed by atoms with E-state index in [2.05, 4.69) is 10.3 Å². The summed E-state index contributed by atoms with van der Waals surface area (Å²) in [4.78, 5) is 27.9. The molecule has 1 heterocycles. The van der Waals surface area contributed by atoms with E-state index < -0.39 is 23.7 Å². The number of carboxylic acids is 1. The molecular weight excluding hydrogens is 315 g/mol. The third-order valence-electron chi connectivity index (χ3n) is 3.55. The van der Waals surface area contributed by atoms with Gasteiger partial charge < -0.3 is 19.9 Å². The van der Waals surface area contributed by atoms with Crippen molar-refractivity contribution in [3.63, 3.8) is 0 Å². The number of urea groups is 1. The summed E-state index contributed by atoms with van der Waals surface area (Å²) in [7, 11) is 1.51. The van der Waals surface area contributed by atoms with Gasteiger partial charge in [-0.15, -0.1) is 0 Å². The molecular formula is C16H19FN4O3. The van der Waals surface area contributed by atoms with Crippen LogP contribution >= 0.6 is 0 Å². The minimum absolute atomic E-state index is 0.0924. The number of amides is 2. The lowest BCUT2D eigenvalue weighted by Gasteiger charge is -2.20. The molecule has 24 heavy (non-hydrogen) atoms. The van der Waals surface area contributed by atoms with Gasteiger partial charge in [-0.25, -0.2) is 14.2 Å². The first kappa shape index (κ1) is 17.5. The highest BCUT2D eigenvalue weighted by Gasteiger charge is 2.17. The summed E-state index contributed by atoms with van der Waals surface area (Å²) in [6.07, 6.45) is 4.69. The van der Waals surface area contributed by atoms with Gasteiger partial charge in [0.1, 0.15) is 5.82 Å². The van der Waals surface area contributed by atoms with Crippen molar-refractivity contribution in [2.24, 2.45) is 5.92 Å². The Morgan fingerprint density at radius 1 is 1.46 bits per heavy atom. The average Bonchev–Trinajstić information content (AvgIpc) is 3.06. The number of aliphatic carboxylic acids is 1. The highest BCUT2D eigenvalue weighted by atomic mass is 19.1. The van der Waals surface area contributed by atoms with Gasteiger partial charge in [-0.3, -0.25) is 4.79 Å². The van der Waals surface area contributed by atoms with E-state index in [1.54, 1.807) is 29.1 Å². The van der Waals surface area contributed by atoms with Gasteiger partial charge in [-0.1, -0.05) is 13.0 Å². The minimum atomic E-state index is -0.966. The molecule has 0 spiro atoms. The van der Waals surface area contributed by atoms with E-state index in [9.17, 15) is 14.0 Å². The maximum absolute atomic E-state index is 14.1. The number of hydrogen-bond acceptors (Lipinski definition) is 3. The van der Waals surface area contributed by atoms with E-state index >= 15 is 0 Å². The molecule has 0 saturated heterocycles. The van der Waals surface area contributed by atoms with Gasteiger partial charge in [0, 0.05) is 32.5 Å². The lowest BCUT2D eigenvalue weighted by atomic mass is 10.2. The van der Waals surface area contributed by atoms with Crippen molar-refractivity contribution in [1.82, 2.24) is 19.8 Å². The van der Waals surface area contributed by atoms with Gasteiger partial charge in [0.25, 0.3) is 0 Å². The number of hydrogen-bond donors (Lipinski definition) is 2. The zero-order chi connectivity index (χ0) is 17.7. The van der Waals surface area contributed by atoms with Gasteiger partial charge in [-0.05, 0) is 17.7 Å². The molecule has 0 aliphatic carbocycles. The van der Waals surface area contributed by atoms with Crippen molar-refractivity contribution < 1.29 is 19.1 Å². The minimum Gasteiger partial charge on any atom is -0.481 e. The van der Waals surface area contributed by atoms with E-state index in [0.717, 1.165) is 0 Å². The van der Waals surface area contributed by atoms with Crippen LogP contribution in [-0.2, 0) is 11.3 Å². The summed E-state index contributed by atoms with van der Waals surface area (Å²) < 4.78 is 15.7. The summed E-state index contributed by atoms with van der Waals surface area (Å²) in [6, 6.07) is 4.24. The topological polar surface area (TPSA) is 87.5 Å². The number of aromatic nitrogens is 2. The molecule has 1 aromatic carbocycles. The number of imidazole rings is 1. The number of carboxylic acid groups (broad SMARTS) is 1. The summed E-state index contributed by atoms with van der Waals surface area (Å²) in [5, 5.41) is 11.5. The number of halogens is 1. The maximum Gasteiger partial charge on any atom is 0.317 e. The summed E-state index contributed by atoms with van der Waals surface area (Å²) >= 11 is 0. The van der Waals surface area contributed by atoms with Crippen molar-refractivity contribution in [1.29, 1.82) is 0 Å². The molecule has 0 fully saturated rings. The molecule has 0 aliphatic heterocycles. The molecule has 2 aromatic rings. The second kappa shape index (κ2) is 7.58. The summed E-state index contributed by atoms with van der Waals surface area (Å²) in [5.74, 6) is -2.05. The van der Waals surface area contributed by atoms with E-state index in [1.807, 2.05) is 0 Å². The second-order valence-electron chi connectivity index (χ2n) is 5.53. The Bertz CT molecular complexity index is 718. The molecule has 8 heteroatoms. The van der Waals surface area contributed by atoms with Crippen molar-refractivity contribution in [2.45, 2.75) is 13.5 Å². The third-order valence-corrected chi connectivity index (χ3v) is 3.55. The van der Waals surface area contributed by atoms with Crippen LogP contribution in [0.1, 0.15) is 12.5 Å². The molecule has 2 amide bonds. The molecule has 0 bridgehead atoms. The predicted octanol–water partition coefficient (Wildman–Crippen LogP) is 1.87. The fourth-order valence-corrected chi connectivity index (χ4v) is 2.16. The van der Waals surface area contributed by atoms with Gasteiger partial charge >= 0.3 is 12.0 Å². The number of nitrogens with one attached hydrogen (secondary N) is 1. The number of rotatable bonds is 6. The monoisotopic (exact) mass is 334 g/mol. The molecule has 0 saturated carbocycles. The Kier molecular flexibility index (Phi) is 5.51. The zero-order valence-corrected chi connectivity index (χ0v) is 13.4.